The number of primary amides is 1. The molecule has 0 saturated heterocycles. The molecule has 1 atom stereocenters. The van der Waals surface area contributed by atoms with Crippen LogP contribution < -0.4 is 25.4 Å². The number of nitrogens with one attached hydrogen (secondary N) is 1. The molecule has 2 aromatic carbocycles. The average Bonchev–Trinajstić information content (AvgIpc) is 3.47. The number of benzene rings is 2. The molecule has 3 aromatic rings. The van der Waals surface area contributed by atoms with Crippen molar-refractivity contribution >= 4 is 23.4 Å². The maximum atomic E-state index is 13.6. The van der Waals surface area contributed by atoms with Crippen molar-refractivity contribution in [3.8, 4) is 11.5 Å². The van der Waals surface area contributed by atoms with E-state index in [4.69, 9.17) is 15.2 Å². The van der Waals surface area contributed by atoms with Crippen molar-refractivity contribution in [1.82, 2.24) is 15.1 Å². The van der Waals surface area contributed by atoms with Crippen LogP contribution in [0.1, 0.15) is 42.3 Å². The molecule has 3 amide bonds. The Labute approximate surface area is 221 Å². The van der Waals surface area contributed by atoms with Gasteiger partial charge in [0.25, 0.3) is 0 Å². The SMILES string of the molecule is Cc1c(CC(N)=O)c(C(C)C)nn1CC(=O)NC(Cc1ccccc1)C(=O)N(C)c1ccc2c(c1)OCO2. The number of hydrogen-bond donors (Lipinski definition) is 2. The minimum Gasteiger partial charge on any atom is -0.454 e. The van der Waals surface area contributed by atoms with E-state index in [2.05, 4.69) is 10.4 Å². The highest BCUT2D eigenvalue weighted by molar-refractivity contribution is 5.99. The molecule has 3 N–H and O–H groups in total. The van der Waals surface area contributed by atoms with Gasteiger partial charge in [-0.05, 0) is 30.5 Å². The van der Waals surface area contributed by atoms with Gasteiger partial charge in [0.05, 0.1) is 12.1 Å². The van der Waals surface area contributed by atoms with Crippen LogP contribution in [0.4, 0.5) is 5.69 Å². The second-order valence-corrected chi connectivity index (χ2v) is 9.65. The molecule has 0 aliphatic carbocycles. The van der Waals surface area contributed by atoms with Crippen molar-refractivity contribution < 1.29 is 23.9 Å². The zero-order chi connectivity index (χ0) is 27.4. The number of fused-ring (bicyclic) bond motifs is 1. The maximum Gasteiger partial charge on any atom is 0.249 e. The maximum absolute atomic E-state index is 13.6. The van der Waals surface area contributed by atoms with Gasteiger partial charge in [0, 0.05) is 36.5 Å². The van der Waals surface area contributed by atoms with E-state index in [0.717, 1.165) is 16.8 Å². The molecule has 0 fully saturated rings. The summed E-state index contributed by atoms with van der Waals surface area (Å²) >= 11 is 0. The summed E-state index contributed by atoms with van der Waals surface area (Å²) in [4.78, 5) is 40.0. The number of hydrogen-bond acceptors (Lipinski definition) is 6. The third kappa shape index (κ3) is 5.96. The Bertz CT molecular complexity index is 1330. The van der Waals surface area contributed by atoms with Crippen LogP contribution >= 0.6 is 0 Å². The monoisotopic (exact) mass is 519 g/mol. The van der Waals surface area contributed by atoms with Gasteiger partial charge in [-0.15, -0.1) is 0 Å². The minimum absolute atomic E-state index is 0.0510. The Morgan fingerprint density at radius 2 is 1.82 bits per heavy atom. The molecule has 1 aliphatic rings. The predicted octanol–water partition coefficient (Wildman–Crippen LogP) is 2.46. The lowest BCUT2D eigenvalue weighted by atomic mass is 10.0. The molecule has 4 rings (SSSR count). The van der Waals surface area contributed by atoms with Gasteiger partial charge < -0.3 is 25.4 Å². The normalized spacial score (nSPS) is 12.9. The molecule has 0 spiro atoms. The van der Waals surface area contributed by atoms with Gasteiger partial charge in [0.2, 0.25) is 24.5 Å². The zero-order valence-corrected chi connectivity index (χ0v) is 22.1. The van der Waals surface area contributed by atoms with E-state index >= 15 is 0 Å². The lowest BCUT2D eigenvalue weighted by Crippen LogP contribution is -2.49. The molecule has 1 aromatic heterocycles. The van der Waals surface area contributed by atoms with Gasteiger partial charge in [-0.2, -0.15) is 5.10 Å². The zero-order valence-electron chi connectivity index (χ0n) is 22.1. The van der Waals surface area contributed by atoms with Crippen molar-refractivity contribution in [3.05, 3.63) is 71.0 Å². The molecular formula is C28H33N5O5. The van der Waals surface area contributed by atoms with Crippen LogP contribution in [0.25, 0.3) is 0 Å². The first-order valence-corrected chi connectivity index (χ1v) is 12.5. The first-order valence-electron chi connectivity index (χ1n) is 12.5. The number of nitrogens with zero attached hydrogens (tertiary/aromatic N) is 3. The number of carbonyl (C=O) groups is 3. The summed E-state index contributed by atoms with van der Waals surface area (Å²) in [6.45, 7) is 5.78. The Morgan fingerprint density at radius 3 is 2.50 bits per heavy atom. The van der Waals surface area contributed by atoms with Crippen LogP contribution in [0.15, 0.2) is 48.5 Å². The predicted molar refractivity (Wildman–Crippen MR) is 142 cm³/mol. The Balaban J connectivity index is 1.55. The van der Waals surface area contributed by atoms with Crippen LogP contribution in [0.3, 0.4) is 0 Å². The fraction of sp³-hybridized carbons (Fsp3) is 0.357. The number of likely N-dealkylation sites (N-methyl/N-ethyl adjacent to an activating group) is 1. The second-order valence-electron chi connectivity index (χ2n) is 9.65. The Kier molecular flexibility index (Phi) is 7.99. The first-order chi connectivity index (χ1) is 18.1. The Morgan fingerprint density at radius 1 is 1.11 bits per heavy atom. The van der Waals surface area contributed by atoms with E-state index in [1.165, 1.54) is 4.90 Å². The number of rotatable bonds is 10. The van der Waals surface area contributed by atoms with Gasteiger partial charge in [0.1, 0.15) is 12.6 Å². The van der Waals surface area contributed by atoms with Crippen molar-refractivity contribution in [1.29, 1.82) is 0 Å². The third-order valence-corrected chi connectivity index (χ3v) is 6.54. The quantitative estimate of drug-likeness (QED) is 0.423. The largest absolute Gasteiger partial charge is 0.454 e. The average molecular weight is 520 g/mol. The number of amides is 3. The lowest BCUT2D eigenvalue weighted by Gasteiger charge is -2.25. The van der Waals surface area contributed by atoms with Crippen molar-refractivity contribution in [2.75, 3.05) is 18.7 Å². The summed E-state index contributed by atoms with van der Waals surface area (Å²) in [5, 5.41) is 7.49. The summed E-state index contributed by atoms with van der Waals surface area (Å²) in [6.07, 6.45) is 0.360. The van der Waals surface area contributed by atoms with Crippen LogP contribution in [-0.2, 0) is 33.8 Å². The molecular weight excluding hydrogens is 486 g/mol. The van der Waals surface area contributed by atoms with Crippen LogP contribution in [-0.4, -0.2) is 47.4 Å². The molecule has 200 valence electrons. The fourth-order valence-corrected chi connectivity index (χ4v) is 4.50. The Hall–Kier alpha value is -4.34. The van der Waals surface area contributed by atoms with Crippen LogP contribution in [0.2, 0.25) is 0 Å². The molecule has 38 heavy (non-hydrogen) atoms. The number of ether oxygens (including phenoxy) is 2. The fourth-order valence-electron chi connectivity index (χ4n) is 4.50. The molecule has 1 aliphatic heterocycles. The van der Waals surface area contributed by atoms with E-state index in [0.29, 0.717) is 29.3 Å². The summed E-state index contributed by atoms with van der Waals surface area (Å²) in [7, 11) is 1.66. The smallest absolute Gasteiger partial charge is 0.249 e. The molecule has 1 unspecified atom stereocenters. The molecule has 10 heteroatoms. The van der Waals surface area contributed by atoms with Gasteiger partial charge >= 0.3 is 0 Å². The van der Waals surface area contributed by atoms with Crippen molar-refractivity contribution in [3.63, 3.8) is 0 Å². The number of nitrogens with two attached hydrogens (primary N) is 1. The van der Waals surface area contributed by atoms with E-state index in [1.54, 1.807) is 29.9 Å². The summed E-state index contributed by atoms with van der Waals surface area (Å²) in [6, 6.07) is 13.9. The molecule has 2 heterocycles. The molecule has 0 bridgehead atoms. The topological polar surface area (TPSA) is 129 Å². The lowest BCUT2D eigenvalue weighted by molar-refractivity contribution is -0.127. The van der Waals surface area contributed by atoms with Crippen LogP contribution in [0, 0.1) is 6.92 Å². The summed E-state index contributed by atoms with van der Waals surface area (Å²) in [5.41, 5.74) is 9.13. The highest BCUT2D eigenvalue weighted by Gasteiger charge is 2.27. The van der Waals surface area contributed by atoms with Gasteiger partial charge in [-0.1, -0.05) is 44.2 Å². The van der Waals surface area contributed by atoms with E-state index < -0.39 is 11.9 Å². The number of aromatic nitrogens is 2. The highest BCUT2D eigenvalue weighted by Crippen LogP contribution is 2.35. The minimum atomic E-state index is -0.828. The number of anilines is 1. The standard InChI is InChI=1S/C28H33N5O5/c1-17(2)27-21(14-25(29)34)18(3)33(31-27)15-26(35)30-22(12-19-8-6-5-7-9-19)28(36)32(4)20-10-11-23-24(13-20)38-16-37-23/h5-11,13,17,22H,12,14-16H2,1-4H3,(H2,29,34)(H,30,35). The highest BCUT2D eigenvalue weighted by atomic mass is 16.7. The summed E-state index contributed by atoms with van der Waals surface area (Å²) in [5.74, 6) is 0.122. The van der Waals surface area contributed by atoms with E-state index in [-0.39, 0.29) is 37.5 Å². The summed E-state index contributed by atoms with van der Waals surface area (Å²) < 4.78 is 12.4. The first kappa shape index (κ1) is 26.7. The van der Waals surface area contributed by atoms with Crippen LogP contribution in [0.5, 0.6) is 11.5 Å². The van der Waals surface area contributed by atoms with Crippen molar-refractivity contribution in [2.24, 2.45) is 5.73 Å². The second kappa shape index (κ2) is 11.4. The molecule has 10 nitrogen and oxygen atoms in total. The molecule has 0 saturated carbocycles. The van der Waals surface area contributed by atoms with E-state index in [1.807, 2.05) is 51.1 Å². The van der Waals surface area contributed by atoms with Gasteiger partial charge in [-0.25, -0.2) is 0 Å². The van der Waals surface area contributed by atoms with E-state index in [9.17, 15) is 14.4 Å². The van der Waals surface area contributed by atoms with Crippen molar-refractivity contribution in [2.45, 2.75) is 52.1 Å². The number of carbonyl (C=O) groups excluding carboxylic acids is 3. The third-order valence-electron chi connectivity index (χ3n) is 6.54. The van der Waals surface area contributed by atoms with Gasteiger partial charge in [-0.3, -0.25) is 19.1 Å². The molecule has 0 radical (unpaired) electrons. The van der Waals surface area contributed by atoms with Gasteiger partial charge in [0.15, 0.2) is 11.5 Å².